The number of nitrogens with one attached hydrogen (secondary N) is 2. The first-order valence-electron chi connectivity index (χ1n) is 6.51. The van der Waals surface area contributed by atoms with Gasteiger partial charge < -0.3 is 15.1 Å². The van der Waals surface area contributed by atoms with Gasteiger partial charge in [0.25, 0.3) is 5.91 Å². The SMILES string of the molecule is O=C(NCc1ccc(C2=NCCN2)cc1)c1ccoc1. The van der Waals surface area contributed by atoms with Crippen LogP contribution in [0.4, 0.5) is 0 Å². The minimum absolute atomic E-state index is 0.135. The molecule has 2 aromatic rings. The Balaban J connectivity index is 1.59. The maximum Gasteiger partial charge on any atom is 0.254 e. The highest BCUT2D eigenvalue weighted by molar-refractivity contribution is 5.99. The van der Waals surface area contributed by atoms with Crippen LogP contribution in [0.1, 0.15) is 21.5 Å². The van der Waals surface area contributed by atoms with E-state index in [9.17, 15) is 4.79 Å². The summed E-state index contributed by atoms with van der Waals surface area (Å²) in [6, 6.07) is 9.65. The van der Waals surface area contributed by atoms with Gasteiger partial charge in [-0.15, -0.1) is 0 Å². The van der Waals surface area contributed by atoms with Gasteiger partial charge in [-0.1, -0.05) is 24.3 Å². The van der Waals surface area contributed by atoms with Crippen molar-refractivity contribution in [2.45, 2.75) is 6.54 Å². The number of hydrogen-bond acceptors (Lipinski definition) is 4. The topological polar surface area (TPSA) is 66.6 Å². The molecule has 0 radical (unpaired) electrons. The molecule has 2 N–H and O–H groups in total. The molecule has 0 bridgehead atoms. The van der Waals surface area contributed by atoms with Crippen LogP contribution in [0, 0.1) is 0 Å². The quantitative estimate of drug-likeness (QED) is 0.885. The lowest BCUT2D eigenvalue weighted by Crippen LogP contribution is -2.22. The molecule has 0 unspecified atom stereocenters. The molecule has 1 aromatic carbocycles. The highest BCUT2D eigenvalue weighted by atomic mass is 16.3. The predicted molar refractivity (Wildman–Crippen MR) is 75.7 cm³/mol. The maximum atomic E-state index is 11.8. The molecule has 0 atom stereocenters. The van der Waals surface area contributed by atoms with Gasteiger partial charge in [0.05, 0.1) is 18.4 Å². The average Bonchev–Trinajstić information content (AvgIpc) is 3.18. The molecule has 0 saturated carbocycles. The summed E-state index contributed by atoms with van der Waals surface area (Å²) in [6.07, 6.45) is 2.92. The summed E-state index contributed by atoms with van der Waals surface area (Å²) >= 11 is 0. The van der Waals surface area contributed by atoms with Gasteiger partial charge in [-0.25, -0.2) is 0 Å². The Morgan fingerprint density at radius 2 is 2.15 bits per heavy atom. The fourth-order valence-electron chi connectivity index (χ4n) is 2.05. The van der Waals surface area contributed by atoms with Crippen LogP contribution in [0.2, 0.25) is 0 Å². The number of hydrogen-bond donors (Lipinski definition) is 2. The van der Waals surface area contributed by atoms with Gasteiger partial charge in [0, 0.05) is 18.7 Å². The zero-order valence-corrected chi connectivity index (χ0v) is 10.9. The Kier molecular flexibility index (Phi) is 3.50. The molecule has 1 aliphatic rings. The van der Waals surface area contributed by atoms with Gasteiger partial charge >= 0.3 is 0 Å². The van der Waals surface area contributed by atoms with Gasteiger partial charge in [-0.05, 0) is 11.6 Å². The number of rotatable bonds is 4. The van der Waals surface area contributed by atoms with Crippen molar-refractivity contribution >= 4 is 11.7 Å². The van der Waals surface area contributed by atoms with Crippen LogP contribution in [0.25, 0.3) is 0 Å². The van der Waals surface area contributed by atoms with Crippen molar-refractivity contribution < 1.29 is 9.21 Å². The summed E-state index contributed by atoms with van der Waals surface area (Å²) in [5.74, 6) is 0.809. The summed E-state index contributed by atoms with van der Waals surface area (Å²) in [6.45, 7) is 2.22. The first-order chi connectivity index (χ1) is 9.83. The third-order valence-electron chi connectivity index (χ3n) is 3.14. The molecule has 1 aromatic heterocycles. The monoisotopic (exact) mass is 269 g/mol. The molecule has 102 valence electrons. The molecule has 3 rings (SSSR count). The zero-order valence-electron chi connectivity index (χ0n) is 10.9. The van der Waals surface area contributed by atoms with E-state index in [-0.39, 0.29) is 5.91 Å². The van der Waals surface area contributed by atoms with Gasteiger partial charge in [-0.2, -0.15) is 0 Å². The standard InChI is InChI=1S/C15H15N3O2/c19-15(13-5-8-20-10-13)18-9-11-1-3-12(4-2-11)14-16-6-7-17-14/h1-5,8,10H,6-7,9H2,(H,16,17)(H,18,19). The molecule has 0 fully saturated rings. The van der Waals surface area contributed by atoms with Crippen molar-refractivity contribution in [1.29, 1.82) is 0 Å². The molecule has 5 nitrogen and oxygen atoms in total. The van der Waals surface area contributed by atoms with Crippen molar-refractivity contribution in [3.05, 3.63) is 59.5 Å². The molecule has 5 heteroatoms. The molecule has 0 spiro atoms. The second-order valence-corrected chi connectivity index (χ2v) is 4.55. The van der Waals surface area contributed by atoms with Crippen molar-refractivity contribution in [3.8, 4) is 0 Å². The fraction of sp³-hybridized carbons (Fsp3) is 0.200. The number of benzene rings is 1. The molecule has 2 heterocycles. The van der Waals surface area contributed by atoms with E-state index in [0.717, 1.165) is 30.1 Å². The molecular formula is C15H15N3O2. The second kappa shape index (κ2) is 5.61. The summed E-state index contributed by atoms with van der Waals surface area (Å²) in [5, 5.41) is 6.08. The van der Waals surface area contributed by atoms with E-state index in [1.807, 2.05) is 24.3 Å². The fourth-order valence-corrected chi connectivity index (χ4v) is 2.05. The van der Waals surface area contributed by atoms with Gasteiger partial charge in [0.2, 0.25) is 0 Å². The van der Waals surface area contributed by atoms with E-state index in [1.165, 1.54) is 12.5 Å². The van der Waals surface area contributed by atoms with Crippen LogP contribution in [0.15, 0.2) is 52.3 Å². The smallest absolute Gasteiger partial charge is 0.254 e. The second-order valence-electron chi connectivity index (χ2n) is 4.55. The number of carbonyl (C=O) groups is 1. The number of amidine groups is 1. The average molecular weight is 269 g/mol. The highest BCUT2D eigenvalue weighted by Crippen LogP contribution is 2.07. The number of aliphatic imine (C=N–C) groups is 1. The van der Waals surface area contributed by atoms with E-state index >= 15 is 0 Å². The Bertz CT molecular complexity index is 615. The zero-order chi connectivity index (χ0) is 13.8. The normalized spacial score (nSPS) is 13.7. The van der Waals surface area contributed by atoms with Crippen LogP contribution >= 0.6 is 0 Å². The number of nitrogens with zero attached hydrogens (tertiary/aromatic N) is 1. The first kappa shape index (κ1) is 12.5. The summed E-state index contributed by atoms with van der Waals surface area (Å²) in [7, 11) is 0. The van der Waals surface area contributed by atoms with Gasteiger partial charge in [-0.3, -0.25) is 9.79 Å². The molecule has 0 aliphatic carbocycles. The van der Waals surface area contributed by atoms with Crippen LogP contribution in [-0.4, -0.2) is 24.8 Å². The van der Waals surface area contributed by atoms with Gasteiger partial charge in [0.15, 0.2) is 0 Å². The number of amides is 1. The number of furan rings is 1. The van der Waals surface area contributed by atoms with E-state index in [2.05, 4.69) is 15.6 Å². The van der Waals surface area contributed by atoms with Crippen molar-refractivity contribution in [1.82, 2.24) is 10.6 Å². The van der Waals surface area contributed by atoms with Crippen LogP contribution in [0.5, 0.6) is 0 Å². The number of carbonyl (C=O) groups excluding carboxylic acids is 1. The highest BCUT2D eigenvalue weighted by Gasteiger charge is 2.08. The minimum atomic E-state index is -0.135. The van der Waals surface area contributed by atoms with E-state index in [0.29, 0.717) is 12.1 Å². The van der Waals surface area contributed by atoms with Crippen molar-refractivity contribution in [2.75, 3.05) is 13.1 Å². The minimum Gasteiger partial charge on any atom is -0.472 e. The van der Waals surface area contributed by atoms with Crippen molar-refractivity contribution in [2.24, 2.45) is 4.99 Å². The lowest BCUT2D eigenvalue weighted by Gasteiger charge is -2.06. The predicted octanol–water partition coefficient (Wildman–Crippen LogP) is 1.56. The molecular weight excluding hydrogens is 254 g/mol. The van der Waals surface area contributed by atoms with Crippen LogP contribution in [-0.2, 0) is 6.54 Å². The summed E-state index contributed by atoms with van der Waals surface area (Å²) < 4.78 is 4.88. The van der Waals surface area contributed by atoms with Crippen LogP contribution < -0.4 is 10.6 Å². The first-order valence-corrected chi connectivity index (χ1v) is 6.51. The maximum absolute atomic E-state index is 11.8. The molecule has 20 heavy (non-hydrogen) atoms. The molecule has 0 saturated heterocycles. The third-order valence-corrected chi connectivity index (χ3v) is 3.14. The van der Waals surface area contributed by atoms with Crippen molar-refractivity contribution in [3.63, 3.8) is 0 Å². The summed E-state index contributed by atoms with van der Waals surface area (Å²) in [5.41, 5.74) is 2.66. The van der Waals surface area contributed by atoms with E-state index in [1.54, 1.807) is 6.07 Å². The largest absolute Gasteiger partial charge is 0.472 e. The lowest BCUT2D eigenvalue weighted by atomic mass is 10.1. The lowest BCUT2D eigenvalue weighted by molar-refractivity contribution is 0.0950. The third kappa shape index (κ3) is 2.71. The molecule has 1 aliphatic heterocycles. The van der Waals surface area contributed by atoms with Crippen LogP contribution in [0.3, 0.4) is 0 Å². The van der Waals surface area contributed by atoms with Gasteiger partial charge in [0.1, 0.15) is 12.1 Å². The Morgan fingerprint density at radius 3 is 2.80 bits per heavy atom. The van der Waals surface area contributed by atoms with E-state index in [4.69, 9.17) is 4.42 Å². The Hall–Kier alpha value is -2.56. The molecule has 1 amide bonds. The Labute approximate surface area is 116 Å². The van der Waals surface area contributed by atoms with E-state index < -0.39 is 0 Å². The Morgan fingerprint density at radius 1 is 1.30 bits per heavy atom. The summed E-state index contributed by atoms with van der Waals surface area (Å²) in [4.78, 5) is 16.1.